The second-order valence-corrected chi connectivity index (χ2v) is 7.02. The zero-order chi connectivity index (χ0) is 14.4. The average Bonchev–Trinajstić information content (AvgIpc) is 2.89. The number of nitrogens with zero attached hydrogens (tertiary/aromatic N) is 1. The molecule has 0 bridgehead atoms. The van der Waals surface area contributed by atoms with Gasteiger partial charge in [-0.2, -0.15) is 0 Å². The van der Waals surface area contributed by atoms with E-state index >= 15 is 0 Å². The van der Waals surface area contributed by atoms with Crippen LogP contribution in [0, 0.1) is 12.3 Å². The van der Waals surface area contributed by atoms with Crippen molar-refractivity contribution in [1.29, 1.82) is 0 Å². The largest absolute Gasteiger partial charge is 0.329 e. The third-order valence-corrected chi connectivity index (χ3v) is 5.10. The molecule has 4 heteroatoms. The quantitative estimate of drug-likeness (QED) is 0.749. The molecule has 1 aliphatic rings. The molecule has 0 atom stereocenters. The van der Waals surface area contributed by atoms with Crippen LogP contribution in [0.15, 0.2) is 12.1 Å². The summed E-state index contributed by atoms with van der Waals surface area (Å²) in [5.41, 5.74) is 0. The molecule has 0 aliphatic heterocycles. The standard InChI is InChI=1S/C16H20ClNOS/c1-2-12-18(13-6-4-3-5-7-13)16(19)11-9-14-8-10-15(17)20-14/h1,8,10,13H,3-7,9,11-12H2. The van der Waals surface area contributed by atoms with Crippen LogP contribution in [0.25, 0.3) is 0 Å². The van der Waals surface area contributed by atoms with Crippen LogP contribution in [0.1, 0.15) is 43.4 Å². The summed E-state index contributed by atoms with van der Waals surface area (Å²) in [5, 5.41) is 0. The number of aryl methyl sites for hydroxylation is 1. The van der Waals surface area contributed by atoms with Crippen molar-refractivity contribution in [3.05, 3.63) is 21.3 Å². The van der Waals surface area contributed by atoms with Gasteiger partial charge in [-0.25, -0.2) is 0 Å². The van der Waals surface area contributed by atoms with Crippen LogP contribution < -0.4 is 0 Å². The van der Waals surface area contributed by atoms with Gasteiger partial charge in [-0.15, -0.1) is 17.8 Å². The predicted molar refractivity (Wildman–Crippen MR) is 85.1 cm³/mol. The first-order valence-corrected chi connectivity index (χ1v) is 8.37. The summed E-state index contributed by atoms with van der Waals surface area (Å²) in [4.78, 5) is 15.5. The minimum absolute atomic E-state index is 0.180. The lowest BCUT2D eigenvalue weighted by Gasteiger charge is -2.33. The highest BCUT2D eigenvalue weighted by Crippen LogP contribution is 2.25. The topological polar surface area (TPSA) is 20.3 Å². The molecule has 1 fully saturated rings. The first-order valence-electron chi connectivity index (χ1n) is 7.18. The molecule has 1 saturated carbocycles. The number of amides is 1. The Morgan fingerprint density at radius 1 is 1.40 bits per heavy atom. The molecule has 1 aromatic rings. The van der Waals surface area contributed by atoms with E-state index in [1.54, 1.807) is 11.3 Å². The molecule has 1 amide bonds. The van der Waals surface area contributed by atoms with Crippen molar-refractivity contribution in [2.45, 2.75) is 51.0 Å². The van der Waals surface area contributed by atoms with Crippen molar-refractivity contribution in [2.75, 3.05) is 6.54 Å². The smallest absolute Gasteiger partial charge is 0.223 e. The van der Waals surface area contributed by atoms with Gasteiger partial charge in [0.05, 0.1) is 10.9 Å². The molecule has 0 unspecified atom stereocenters. The average molecular weight is 310 g/mol. The van der Waals surface area contributed by atoms with Crippen molar-refractivity contribution in [3.8, 4) is 12.3 Å². The van der Waals surface area contributed by atoms with Gasteiger partial charge >= 0.3 is 0 Å². The molecule has 20 heavy (non-hydrogen) atoms. The van der Waals surface area contributed by atoms with Crippen molar-refractivity contribution >= 4 is 28.8 Å². The van der Waals surface area contributed by atoms with Crippen LogP contribution in [0.5, 0.6) is 0 Å². The maximum absolute atomic E-state index is 12.4. The second-order valence-electron chi connectivity index (χ2n) is 5.22. The van der Waals surface area contributed by atoms with Gasteiger partial charge in [0.1, 0.15) is 0 Å². The van der Waals surface area contributed by atoms with E-state index in [9.17, 15) is 4.79 Å². The minimum atomic E-state index is 0.180. The Morgan fingerprint density at radius 3 is 2.75 bits per heavy atom. The highest BCUT2D eigenvalue weighted by molar-refractivity contribution is 7.16. The lowest BCUT2D eigenvalue weighted by atomic mass is 9.94. The first-order chi connectivity index (χ1) is 9.70. The number of terminal acetylenes is 1. The van der Waals surface area contributed by atoms with Gasteiger partial charge in [0.2, 0.25) is 5.91 Å². The monoisotopic (exact) mass is 309 g/mol. The van der Waals surface area contributed by atoms with Crippen LogP contribution in [-0.2, 0) is 11.2 Å². The zero-order valence-electron chi connectivity index (χ0n) is 11.6. The highest BCUT2D eigenvalue weighted by atomic mass is 35.5. The maximum atomic E-state index is 12.4. The van der Waals surface area contributed by atoms with Crippen LogP contribution in [0.4, 0.5) is 0 Å². The Labute approximate surface area is 130 Å². The van der Waals surface area contributed by atoms with Crippen LogP contribution in [0.3, 0.4) is 0 Å². The Balaban J connectivity index is 1.90. The fourth-order valence-electron chi connectivity index (χ4n) is 2.77. The summed E-state index contributed by atoms with van der Waals surface area (Å²) in [6.45, 7) is 0.439. The highest BCUT2D eigenvalue weighted by Gasteiger charge is 2.24. The molecule has 1 aliphatic carbocycles. The molecule has 108 valence electrons. The van der Waals surface area contributed by atoms with Crippen molar-refractivity contribution in [2.24, 2.45) is 0 Å². The molecule has 0 spiro atoms. The summed E-state index contributed by atoms with van der Waals surface area (Å²) < 4.78 is 0.778. The number of hydrogen-bond donors (Lipinski definition) is 0. The molecular weight excluding hydrogens is 290 g/mol. The number of halogens is 1. The molecule has 2 nitrogen and oxygen atoms in total. The van der Waals surface area contributed by atoms with E-state index < -0.39 is 0 Å². The molecule has 0 saturated heterocycles. The third kappa shape index (κ3) is 4.26. The summed E-state index contributed by atoms with van der Waals surface area (Å²) >= 11 is 7.45. The zero-order valence-corrected chi connectivity index (χ0v) is 13.2. The summed E-state index contributed by atoms with van der Waals surface area (Å²) in [7, 11) is 0. The predicted octanol–water partition coefficient (Wildman–Crippen LogP) is 4.13. The minimum Gasteiger partial charge on any atom is -0.329 e. The third-order valence-electron chi connectivity index (χ3n) is 3.81. The van der Waals surface area contributed by atoms with Crippen molar-refractivity contribution < 1.29 is 4.79 Å². The summed E-state index contributed by atoms with van der Waals surface area (Å²) in [6.07, 6.45) is 12.6. The first kappa shape index (κ1) is 15.4. The van der Waals surface area contributed by atoms with E-state index in [0.29, 0.717) is 19.0 Å². The van der Waals surface area contributed by atoms with Crippen LogP contribution >= 0.6 is 22.9 Å². The van der Waals surface area contributed by atoms with Gasteiger partial charge in [-0.1, -0.05) is 36.8 Å². The van der Waals surface area contributed by atoms with Gasteiger partial charge < -0.3 is 4.90 Å². The van der Waals surface area contributed by atoms with E-state index in [0.717, 1.165) is 28.5 Å². The lowest BCUT2D eigenvalue weighted by molar-refractivity contribution is -0.133. The maximum Gasteiger partial charge on any atom is 0.223 e. The number of thiophene rings is 1. The van der Waals surface area contributed by atoms with E-state index in [1.807, 2.05) is 17.0 Å². The van der Waals surface area contributed by atoms with Gasteiger partial charge in [0.15, 0.2) is 0 Å². The molecule has 0 aromatic carbocycles. The van der Waals surface area contributed by atoms with E-state index in [2.05, 4.69) is 5.92 Å². The number of carbonyl (C=O) groups excluding carboxylic acids is 1. The van der Waals surface area contributed by atoms with Crippen LogP contribution in [-0.4, -0.2) is 23.4 Å². The summed E-state index contributed by atoms with van der Waals surface area (Å²) in [6, 6.07) is 4.22. The van der Waals surface area contributed by atoms with Gasteiger partial charge in [0.25, 0.3) is 0 Å². The molecule has 0 radical (unpaired) electrons. The van der Waals surface area contributed by atoms with Gasteiger partial charge in [0, 0.05) is 17.3 Å². The normalized spacial score (nSPS) is 15.8. The van der Waals surface area contributed by atoms with E-state index in [1.165, 1.54) is 19.3 Å². The molecule has 0 N–H and O–H groups in total. The van der Waals surface area contributed by atoms with E-state index in [4.69, 9.17) is 18.0 Å². The Kier molecular flexibility index (Phi) is 5.94. The summed E-state index contributed by atoms with van der Waals surface area (Å²) in [5.74, 6) is 2.81. The van der Waals surface area contributed by atoms with Crippen molar-refractivity contribution in [1.82, 2.24) is 4.90 Å². The number of rotatable bonds is 5. The Bertz CT molecular complexity index is 485. The fraction of sp³-hybridized carbons (Fsp3) is 0.562. The molecule has 1 heterocycles. The fourth-order valence-corrected chi connectivity index (χ4v) is 3.86. The second kappa shape index (κ2) is 7.71. The molecular formula is C16H20ClNOS. The van der Waals surface area contributed by atoms with E-state index in [-0.39, 0.29) is 5.91 Å². The van der Waals surface area contributed by atoms with Gasteiger partial charge in [-0.3, -0.25) is 4.79 Å². The number of hydrogen-bond acceptors (Lipinski definition) is 2. The van der Waals surface area contributed by atoms with Crippen LogP contribution in [0.2, 0.25) is 4.34 Å². The Hall–Kier alpha value is -0.980. The van der Waals surface area contributed by atoms with Gasteiger partial charge in [-0.05, 0) is 31.4 Å². The Morgan fingerprint density at radius 2 is 2.15 bits per heavy atom. The van der Waals surface area contributed by atoms with Crippen molar-refractivity contribution in [3.63, 3.8) is 0 Å². The molecule has 2 rings (SSSR count). The SMILES string of the molecule is C#CCN(C(=O)CCc1ccc(Cl)s1)C1CCCCC1. The number of carbonyl (C=O) groups is 1. The lowest BCUT2D eigenvalue weighted by Crippen LogP contribution is -2.41. The molecule has 1 aromatic heterocycles.